The molecule has 0 radical (unpaired) electrons. The Morgan fingerprint density at radius 1 is 1.37 bits per heavy atom. The number of alkyl carbamates (subject to hydrolysis) is 1. The second kappa shape index (κ2) is 6.17. The zero-order valence-corrected chi connectivity index (χ0v) is 11.2. The molecule has 1 unspecified atom stereocenters. The molecule has 0 aromatic carbocycles. The molecule has 1 aromatic heterocycles. The molecule has 0 saturated heterocycles. The van der Waals surface area contributed by atoms with Crippen molar-refractivity contribution >= 4 is 12.1 Å². The number of amides is 1. The van der Waals surface area contributed by atoms with Gasteiger partial charge in [0.1, 0.15) is 5.60 Å². The molecule has 1 amide bonds. The maximum absolute atomic E-state index is 11.5. The first kappa shape index (κ1) is 14.9. The van der Waals surface area contributed by atoms with Gasteiger partial charge in [-0.25, -0.2) is 4.79 Å². The molecule has 1 aromatic rings. The third-order valence-corrected chi connectivity index (χ3v) is 2.26. The van der Waals surface area contributed by atoms with Crippen molar-refractivity contribution in [2.75, 3.05) is 6.54 Å². The van der Waals surface area contributed by atoms with Gasteiger partial charge < -0.3 is 15.2 Å². The first-order valence-electron chi connectivity index (χ1n) is 5.89. The highest BCUT2D eigenvalue weighted by Gasteiger charge is 2.22. The number of aliphatic carboxylic acids is 1. The van der Waals surface area contributed by atoms with Crippen molar-refractivity contribution < 1.29 is 19.4 Å². The molecule has 0 bridgehead atoms. The Morgan fingerprint density at radius 3 is 2.42 bits per heavy atom. The van der Waals surface area contributed by atoms with Crippen molar-refractivity contribution in [1.29, 1.82) is 0 Å². The normalized spacial score (nSPS) is 12.6. The maximum atomic E-state index is 11.5. The van der Waals surface area contributed by atoms with Crippen LogP contribution in [0, 0.1) is 0 Å². The molecule has 0 saturated carbocycles. The van der Waals surface area contributed by atoms with Crippen molar-refractivity contribution in [3.05, 3.63) is 30.1 Å². The van der Waals surface area contributed by atoms with Crippen molar-refractivity contribution in [1.82, 2.24) is 10.3 Å². The molecule has 104 valence electrons. The van der Waals surface area contributed by atoms with Crippen LogP contribution >= 0.6 is 0 Å². The minimum Gasteiger partial charge on any atom is -0.481 e. The van der Waals surface area contributed by atoms with E-state index in [1.807, 2.05) is 0 Å². The van der Waals surface area contributed by atoms with Gasteiger partial charge in [0.15, 0.2) is 0 Å². The number of aromatic nitrogens is 1. The van der Waals surface area contributed by atoms with Gasteiger partial charge in [0.25, 0.3) is 0 Å². The molecule has 1 rings (SSSR count). The number of rotatable bonds is 4. The zero-order chi connectivity index (χ0) is 14.5. The Labute approximate surface area is 111 Å². The van der Waals surface area contributed by atoms with E-state index in [2.05, 4.69) is 10.3 Å². The fraction of sp³-hybridized carbons (Fsp3) is 0.462. The summed E-state index contributed by atoms with van der Waals surface area (Å²) in [5, 5.41) is 11.6. The molecule has 19 heavy (non-hydrogen) atoms. The first-order chi connectivity index (χ1) is 8.79. The highest BCUT2D eigenvalue weighted by Crippen LogP contribution is 2.14. The third kappa shape index (κ3) is 5.37. The van der Waals surface area contributed by atoms with Crippen molar-refractivity contribution in [2.45, 2.75) is 32.3 Å². The van der Waals surface area contributed by atoms with Gasteiger partial charge in [0, 0.05) is 18.9 Å². The van der Waals surface area contributed by atoms with Crippen LogP contribution in [-0.4, -0.2) is 34.3 Å². The number of ether oxygens (including phenoxy) is 1. The minimum absolute atomic E-state index is 0.0335. The average Bonchev–Trinajstić information content (AvgIpc) is 2.27. The summed E-state index contributed by atoms with van der Waals surface area (Å²) in [5.74, 6) is -1.84. The number of hydrogen-bond acceptors (Lipinski definition) is 4. The van der Waals surface area contributed by atoms with Gasteiger partial charge in [-0.2, -0.15) is 0 Å². The summed E-state index contributed by atoms with van der Waals surface area (Å²) in [5.41, 5.74) is -0.0296. The SMILES string of the molecule is CC(C)(C)OC(=O)NCC(C(=O)O)c1ccncc1. The van der Waals surface area contributed by atoms with Crippen LogP contribution in [-0.2, 0) is 9.53 Å². The van der Waals surface area contributed by atoms with E-state index < -0.39 is 23.6 Å². The van der Waals surface area contributed by atoms with Crippen LogP contribution in [0.4, 0.5) is 4.79 Å². The maximum Gasteiger partial charge on any atom is 0.407 e. The van der Waals surface area contributed by atoms with Crippen LogP contribution in [0.3, 0.4) is 0 Å². The number of carbonyl (C=O) groups is 2. The van der Waals surface area contributed by atoms with Gasteiger partial charge in [0.2, 0.25) is 0 Å². The number of carboxylic acids is 1. The summed E-state index contributed by atoms with van der Waals surface area (Å²) in [6.07, 6.45) is 2.39. The lowest BCUT2D eigenvalue weighted by Crippen LogP contribution is -2.36. The van der Waals surface area contributed by atoms with Crippen LogP contribution in [0.5, 0.6) is 0 Å². The molecular weight excluding hydrogens is 248 g/mol. The smallest absolute Gasteiger partial charge is 0.407 e. The molecule has 0 spiro atoms. The summed E-state index contributed by atoms with van der Waals surface area (Å²) in [7, 11) is 0. The highest BCUT2D eigenvalue weighted by molar-refractivity contribution is 5.77. The van der Waals surface area contributed by atoms with Crippen LogP contribution in [0.15, 0.2) is 24.5 Å². The van der Waals surface area contributed by atoms with Crippen molar-refractivity contribution in [3.63, 3.8) is 0 Å². The molecule has 1 atom stereocenters. The first-order valence-corrected chi connectivity index (χ1v) is 5.89. The van der Waals surface area contributed by atoms with Crippen LogP contribution < -0.4 is 5.32 Å². The van der Waals surface area contributed by atoms with E-state index in [9.17, 15) is 9.59 Å². The molecule has 6 heteroatoms. The largest absolute Gasteiger partial charge is 0.481 e. The van der Waals surface area contributed by atoms with E-state index in [-0.39, 0.29) is 6.54 Å². The lowest BCUT2D eigenvalue weighted by atomic mass is 10.0. The molecule has 0 aliphatic heterocycles. The lowest BCUT2D eigenvalue weighted by molar-refractivity contribution is -0.138. The fourth-order valence-corrected chi connectivity index (χ4v) is 1.44. The van der Waals surface area contributed by atoms with Crippen molar-refractivity contribution in [2.24, 2.45) is 0 Å². The predicted molar refractivity (Wildman–Crippen MR) is 68.9 cm³/mol. The number of carboxylic acid groups (broad SMARTS) is 1. The van der Waals surface area contributed by atoms with Crippen LogP contribution in [0.2, 0.25) is 0 Å². The van der Waals surface area contributed by atoms with E-state index in [4.69, 9.17) is 9.84 Å². The third-order valence-electron chi connectivity index (χ3n) is 2.26. The van der Waals surface area contributed by atoms with Crippen LogP contribution in [0.25, 0.3) is 0 Å². The second-order valence-corrected chi connectivity index (χ2v) is 5.05. The number of hydrogen-bond donors (Lipinski definition) is 2. The highest BCUT2D eigenvalue weighted by atomic mass is 16.6. The predicted octanol–water partition coefficient (Wildman–Crippen LogP) is 1.77. The van der Waals surface area contributed by atoms with E-state index in [0.717, 1.165) is 0 Å². The zero-order valence-electron chi connectivity index (χ0n) is 11.2. The van der Waals surface area contributed by atoms with Gasteiger partial charge in [0.05, 0.1) is 5.92 Å². The summed E-state index contributed by atoms with van der Waals surface area (Å²) >= 11 is 0. The fourth-order valence-electron chi connectivity index (χ4n) is 1.44. The van der Waals surface area contributed by atoms with Gasteiger partial charge in [-0.1, -0.05) is 0 Å². The monoisotopic (exact) mass is 266 g/mol. The quantitative estimate of drug-likeness (QED) is 0.867. The van der Waals surface area contributed by atoms with Gasteiger partial charge in [-0.05, 0) is 38.5 Å². The molecule has 0 aliphatic carbocycles. The Morgan fingerprint density at radius 2 is 1.95 bits per heavy atom. The summed E-state index contributed by atoms with van der Waals surface area (Å²) in [4.78, 5) is 26.5. The number of pyridine rings is 1. The average molecular weight is 266 g/mol. The Bertz CT molecular complexity index is 440. The summed E-state index contributed by atoms with van der Waals surface area (Å²) < 4.78 is 5.05. The van der Waals surface area contributed by atoms with E-state index in [0.29, 0.717) is 5.56 Å². The Balaban J connectivity index is 2.62. The van der Waals surface area contributed by atoms with E-state index >= 15 is 0 Å². The van der Waals surface area contributed by atoms with Gasteiger partial charge in [-0.15, -0.1) is 0 Å². The molecule has 1 heterocycles. The summed E-state index contributed by atoms with van der Waals surface area (Å²) in [6.45, 7) is 5.19. The molecule has 0 aliphatic rings. The van der Waals surface area contributed by atoms with Gasteiger partial charge in [-0.3, -0.25) is 9.78 Å². The Hall–Kier alpha value is -2.11. The van der Waals surface area contributed by atoms with E-state index in [1.54, 1.807) is 32.9 Å². The number of nitrogens with one attached hydrogen (secondary N) is 1. The topological polar surface area (TPSA) is 88.5 Å². The Kier molecular flexibility index (Phi) is 4.86. The minimum atomic E-state index is -1.01. The standard InChI is InChI=1S/C13H18N2O4/c1-13(2,3)19-12(18)15-8-10(11(16)17)9-4-6-14-7-5-9/h4-7,10H,8H2,1-3H3,(H,15,18)(H,16,17). The summed E-state index contributed by atoms with van der Waals surface area (Å²) in [6, 6.07) is 3.21. The van der Waals surface area contributed by atoms with Gasteiger partial charge >= 0.3 is 12.1 Å². The molecule has 2 N–H and O–H groups in total. The van der Waals surface area contributed by atoms with Crippen LogP contribution in [0.1, 0.15) is 32.3 Å². The van der Waals surface area contributed by atoms with Crippen molar-refractivity contribution in [3.8, 4) is 0 Å². The molecule has 6 nitrogen and oxygen atoms in total. The lowest BCUT2D eigenvalue weighted by Gasteiger charge is -2.20. The molecule has 0 fully saturated rings. The van der Waals surface area contributed by atoms with E-state index in [1.165, 1.54) is 12.4 Å². The number of nitrogens with zero attached hydrogens (tertiary/aromatic N) is 1. The second-order valence-electron chi connectivity index (χ2n) is 5.05. The molecular formula is C13H18N2O4. The number of carbonyl (C=O) groups excluding carboxylic acids is 1.